The third-order valence-electron chi connectivity index (χ3n) is 4.34. The summed E-state index contributed by atoms with van der Waals surface area (Å²) in [5, 5.41) is 9.68. The molecule has 2 aromatic carbocycles. The van der Waals surface area contributed by atoms with Crippen molar-refractivity contribution >= 4 is 34.5 Å². The lowest BCUT2D eigenvalue weighted by atomic mass is 10.1. The molecule has 0 saturated carbocycles. The Morgan fingerprint density at radius 2 is 1.78 bits per heavy atom. The first-order chi connectivity index (χ1) is 13.1. The van der Waals surface area contributed by atoms with E-state index in [0.717, 1.165) is 33.3 Å². The molecule has 0 bridgehead atoms. The summed E-state index contributed by atoms with van der Waals surface area (Å²) in [6.07, 6.45) is 1.42. The molecule has 1 amide bonds. The summed E-state index contributed by atoms with van der Waals surface area (Å²) in [7, 11) is 0. The molecule has 0 aliphatic rings. The van der Waals surface area contributed by atoms with Crippen LogP contribution in [0.2, 0.25) is 0 Å². The molecule has 3 rings (SSSR count). The van der Waals surface area contributed by atoms with Gasteiger partial charge in [0.2, 0.25) is 5.91 Å². The zero-order chi connectivity index (χ0) is 19.2. The lowest BCUT2D eigenvalue weighted by Gasteiger charge is -2.26. The van der Waals surface area contributed by atoms with Crippen molar-refractivity contribution in [2.45, 2.75) is 38.6 Å². The Bertz CT molecular complexity index is 897. The van der Waals surface area contributed by atoms with E-state index >= 15 is 0 Å². The maximum Gasteiger partial charge on any atom is 0.245 e. The molecule has 1 unspecified atom stereocenters. The van der Waals surface area contributed by atoms with E-state index in [1.54, 1.807) is 4.90 Å². The number of aryl methyl sites for hydroxylation is 1. The number of aromatic nitrogens is 2. The fourth-order valence-corrected chi connectivity index (χ4v) is 3.80. The van der Waals surface area contributed by atoms with E-state index in [4.69, 9.17) is 11.6 Å². The van der Waals surface area contributed by atoms with Crippen LogP contribution in [0.25, 0.3) is 10.6 Å². The van der Waals surface area contributed by atoms with Gasteiger partial charge in [0.1, 0.15) is 15.4 Å². The van der Waals surface area contributed by atoms with E-state index in [1.165, 1.54) is 11.3 Å². The van der Waals surface area contributed by atoms with Gasteiger partial charge < -0.3 is 4.90 Å². The van der Waals surface area contributed by atoms with Gasteiger partial charge in [-0.05, 0) is 24.5 Å². The maximum absolute atomic E-state index is 13.0. The molecule has 0 radical (unpaired) electrons. The largest absolute Gasteiger partial charge is 0.304 e. The summed E-state index contributed by atoms with van der Waals surface area (Å²) in [6.45, 7) is 4.36. The number of carbonyl (C=O) groups is 1. The quantitative estimate of drug-likeness (QED) is 0.505. The Labute approximate surface area is 168 Å². The Balaban J connectivity index is 1.92. The monoisotopic (exact) mass is 399 g/mol. The van der Waals surface area contributed by atoms with Crippen LogP contribution in [0.15, 0.2) is 54.6 Å². The van der Waals surface area contributed by atoms with Gasteiger partial charge in [0.05, 0.1) is 6.54 Å². The van der Waals surface area contributed by atoms with Crippen LogP contribution in [0.1, 0.15) is 30.8 Å². The van der Waals surface area contributed by atoms with E-state index in [9.17, 15) is 4.79 Å². The number of amides is 1. The second-order valence-electron chi connectivity index (χ2n) is 6.15. The van der Waals surface area contributed by atoms with Crippen LogP contribution in [0.5, 0.6) is 0 Å². The number of alkyl halides is 1. The van der Waals surface area contributed by atoms with Crippen molar-refractivity contribution in [2.75, 3.05) is 4.90 Å². The van der Waals surface area contributed by atoms with Crippen molar-refractivity contribution in [1.82, 2.24) is 10.2 Å². The summed E-state index contributed by atoms with van der Waals surface area (Å²) >= 11 is 7.80. The molecule has 1 atom stereocenters. The molecule has 0 aliphatic carbocycles. The van der Waals surface area contributed by atoms with Crippen molar-refractivity contribution in [3.8, 4) is 10.6 Å². The number of benzene rings is 2. The number of halogens is 1. The fourth-order valence-electron chi connectivity index (χ4n) is 2.85. The van der Waals surface area contributed by atoms with E-state index in [0.29, 0.717) is 13.0 Å². The summed E-state index contributed by atoms with van der Waals surface area (Å²) in [5.41, 5.74) is 3.02. The lowest BCUT2D eigenvalue weighted by Crippen LogP contribution is -2.36. The molecule has 1 heterocycles. The van der Waals surface area contributed by atoms with Crippen LogP contribution >= 0.6 is 22.9 Å². The van der Waals surface area contributed by atoms with Crippen LogP contribution in [-0.4, -0.2) is 21.5 Å². The predicted molar refractivity (Wildman–Crippen MR) is 112 cm³/mol. The Hall–Kier alpha value is -2.24. The lowest BCUT2D eigenvalue weighted by molar-refractivity contribution is -0.118. The average molecular weight is 400 g/mol. The second kappa shape index (κ2) is 9.11. The number of hydrogen-bond donors (Lipinski definition) is 0. The number of carbonyl (C=O) groups excluding carboxylic acids is 1. The van der Waals surface area contributed by atoms with Gasteiger partial charge in [-0.2, -0.15) is 0 Å². The second-order valence-corrected chi connectivity index (χ2v) is 7.74. The van der Waals surface area contributed by atoms with Crippen LogP contribution in [0.3, 0.4) is 0 Å². The predicted octanol–water partition coefficient (Wildman–Crippen LogP) is 5.32. The molecular formula is C21H22ClN3OS. The highest BCUT2D eigenvalue weighted by Crippen LogP contribution is 2.28. The zero-order valence-electron chi connectivity index (χ0n) is 15.4. The van der Waals surface area contributed by atoms with Gasteiger partial charge >= 0.3 is 0 Å². The van der Waals surface area contributed by atoms with Crippen molar-refractivity contribution in [3.63, 3.8) is 0 Å². The van der Waals surface area contributed by atoms with Crippen LogP contribution in [0, 0.1) is 0 Å². The highest BCUT2D eigenvalue weighted by molar-refractivity contribution is 7.14. The maximum atomic E-state index is 13.0. The number of anilines is 1. The first-order valence-electron chi connectivity index (χ1n) is 9.05. The SMILES string of the molecule is CCc1ccccc1N(Cc1nnc(-c2ccccc2)s1)C(=O)C(Cl)CC. The van der Waals surface area contributed by atoms with Gasteiger partial charge in [0, 0.05) is 11.3 Å². The minimum Gasteiger partial charge on any atom is -0.304 e. The van der Waals surface area contributed by atoms with Gasteiger partial charge in [0.25, 0.3) is 0 Å². The van der Waals surface area contributed by atoms with Crippen molar-refractivity contribution in [3.05, 3.63) is 65.2 Å². The highest BCUT2D eigenvalue weighted by Gasteiger charge is 2.25. The molecule has 27 heavy (non-hydrogen) atoms. The summed E-state index contributed by atoms with van der Waals surface area (Å²) < 4.78 is 0. The number of para-hydroxylation sites is 1. The average Bonchev–Trinajstić information content (AvgIpc) is 3.20. The van der Waals surface area contributed by atoms with Gasteiger partial charge in [-0.15, -0.1) is 21.8 Å². The molecule has 0 spiro atoms. The minimum atomic E-state index is -0.559. The van der Waals surface area contributed by atoms with Crippen molar-refractivity contribution in [1.29, 1.82) is 0 Å². The number of nitrogens with zero attached hydrogens (tertiary/aromatic N) is 3. The van der Waals surface area contributed by atoms with Crippen LogP contribution in [0.4, 0.5) is 5.69 Å². The van der Waals surface area contributed by atoms with E-state index < -0.39 is 5.38 Å². The van der Waals surface area contributed by atoms with Gasteiger partial charge in [0.15, 0.2) is 0 Å². The summed E-state index contributed by atoms with van der Waals surface area (Å²) in [5.74, 6) is -0.100. The Morgan fingerprint density at radius 3 is 2.48 bits per heavy atom. The smallest absolute Gasteiger partial charge is 0.245 e. The summed E-state index contributed by atoms with van der Waals surface area (Å²) in [4.78, 5) is 14.7. The highest BCUT2D eigenvalue weighted by atomic mass is 35.5. The minimum absolute atomic E-state index is 0.100. The van der Waals surface area contributed by atoms with Crippen molar-refractivity contribution < 1.29 is 4.79 Å². The Kier molecular flexibility index (Phi) is 6.58. The number of hydrogen-bond acceptors (Lipinski definition) is 4. The third kappa shape index (κ3) is 4.54. The van der Waals surface area contributed by atoms with Crippen molar-refractivity contribution in [2.24, 2.45) is 0 Å². The molecule has 140 valence electrons. The van der Waals surface area contributed by atoms with Gasteiger partial charge in [-0.1, -0.05) is 73.7 Å². The molecule has 0 saturated heterocycles. The summed E-state index contributed by atoms with van der Waals surface area (Å²) in [6, 6.07) is 17.9. The van der Waals surface area contributed by atoms with E-state index in [-0.39, 0.29) is 5.91 Å². The fraction of sp³-hybridized carbons (Fsp3) is 0.286. The first kappa shape index (κ1) is 19.5. The van der Waals surface area contributed by atoms with Gasteiger partial charge in [-0.3, -0.25) is 4.79 Å². The molecule has 4 nitrogen and oxygen atoms in total. The van der Waals surface area contributed by atoms with E-state index in [1.807, 2.05) is 61.5 Å². The standard InChI is InChI=1S/C21H22ClN3OS/c1-3-15-10-8-9-13-18(15)25(21(26)17(22)4-2)14-19-23-24-20(27-19)16-11-6-5-7-12-16/h5-13,17H,3-4,14H2,1-2H3. The molecule has 3 aromatic rings. The molecule has 0 aliphatic heterocycles. The molecule has 0 fully saturated rings. The normalized spacial score (nSPS) is 12.0. The molecule has 6 heteroatoms. The number of rotatable bonds is 7. The topological polar surface area (TPSA) is 46.1 Å². The van der Waals surface area contributed by atoms with Crippen LogP contribution < -0.4 is 4.90 Å². The van der Waals surface area contributed by atoms with E-state index in [2.05, 4.69) is 17.1 Å². The zero-order valence-corrected chi connectivity index (χ0v) is 17.0. The third-order valence-corrected chi connectivity index (χ3v) is 5.79. The van der Waals surface area contributed by atoms with Crippen LogP contribution in [-0.2, 0) is 17.8 Å². The molecular weight excluding hydrogens is 378 g/mol. The first-order valence-corrected chi connectivity index (χ1v) is 10.3. The van der Waals surface area contributed by atoms with Gasteiger partial charge in [-0.25, -0.2) is 0 Å². The molecule has 1 aromatic heterocycles. The Morgan fingerprint density at radius 1 is 1.07 bits per heavy atom. The molecule has 0 N–H and O–H groups in total.